The van der Waals surface area contributed by atoms with Crippen molar-refractivity contribution in [1.29, 1.82) is 0 Å². The summed E-state index contributed by atoms with van der Waals surface area (Å²) in [5.41, 5.74) is 9.52. The van der Waals surface area contributed by atoms with Gasteiger partial charge in [0.25, 0.3) is 0 Å². The molecule has 112 valence electrons. The lowest BCUT2D eigenvalue weighted by molar-refractivity contribution is 0.301. The molecule has 2 aromatic carbocycles. The van der Waals surface area contributed by atoms with E-state index in [1.54, 1.807) is 0 Å². The maximum atomic E-state index is 5.99. The van der Waals surface area contributed by atoms with Crippen LogP contribution >= 0.6 is 15.9 Å². The van der Waals surface area contributed by atoms with Crippen LogP contribution in [0.3, 0.4) is 0 Å². The summed E-state index contributed by atoms with van der Waals surface area (Å²) in [5, 5.41) is 0. The van der Waals surface area contributed by atoms with E-state index in [1.165, 1.54) is 5.56 Å². The van der Waals surface area contributed by atoms with Crippen LogP contribution in [-0.4, -0.2) is 0 Å². The molecular weight excluding hydrogens is 326 g/mol. The van der Waals surface area contributed by atoms with E-state index in [4.69, 9.17) is 10.5 Å². The number of nitrogens with two attached hydrogens (primary N) is 1. The molecule has 2 aromatic rings. The fourth-order valence-electron chi connectivity index (χ4n) is 2.17. The Balaban J connectivity index is 2.10. The topological polar surface area (TPSA) is 35.2 Å². The van der Waals surface area contributed by atoms with Crippen LogP contribution < -0.4 is 10.5 Å². The first-order valence-corrected chi connectivity index (χ1v) is 8.03. The minimum atomic E-state index is -0.0450. The van der Waals surface area contributed by atoms with E-state index in [0.717, 1.165) is 21.3 Å². The number of hydrogen-bond acceptors (Lipinski definition) is 2. The quantitative estimate of drug-likeness (QED) is 0.809. The average Bonchev–Trinajstić information content (AvgIpc) is 2.45. The maximum absolute atomic E-state index is 5.99. The first kappa shape index (κ1) is 16.1. The SMILES string of the molecule is CC(C)c1ccc(COc2cc(Br)ccc2[C@@H](C)N)cc1. The van der Waals surface area contributed by atoms with Crippen LogP contribution in [0.15, 0.2) is 46.9 Å². The predicted molar refractivity (Wildman–Crippen MR) is 91.6 cm³/mol. The van der Waals surface area contributed by atoms with Crippen LogP contribution in [0.2, 0.25) is 0 Å². The highest BCUT2D eigenvalue weighted by Gasteiger charge is 2.09. The van der Waals surface area contributed by atoms with E-state index < -0.39 is 0 Å². The van der Waals surface area contributed by atoms with Crippen molar-refractivity contribution in [2.75, 3.05) is 0 Å². The van der Waals surface area contributed by atoms with E-state index in [2.05, 4.69) is 54.0 Å². The molecule has 0 bridgehead atoms. The first-order chi connectivity index (χ1) is 9.97. The van der Waals surface area contributed by atoms with Gasteiger partial charge in [-0.15, -0.1) is 0 Å². The van der Waals surface area contributed by atoms with E-state index in [9.17, 15) is 0 Å². The number of rotatable bonds is 5. The molecule has 0 heterocycles. The van der Waals surface area contributed by atoms with Crippen LogP contribution in [-0.2, 0) is 6.61 Å². The number of halogens is 1. The second kappa shape index (κ2) is 7.10. The maximum Gasteiger partial charge on any atom is 0.125 e. The largest absolute Gasteiger partial charge is 0.489 e. The monoisotopic (exact) mass is 347 g/mol. The lowest BCUT2D eigenvalue weighted by Gasteiger charge is -2.15. The van der Waals surface area contributed by atoms with Crippen LogP contribution in [0.4, 0.5) is 0 Å². The van der Waals surface area contributed by atoms with Gasteiger partial charge in [-0.05, 0) is 36.1 Å². The number of hydrogen-bond donors (Lipinski definition) is 1. The molecule has 21 heavy (non-hydrogen) atoms. The average molecular weight is 348 g/mol. The smallest absolute Gasteiger partial charge is 0.125 e. The van der Waals surface area contributed by atoms with Gasteiger partial charge in [0, 0.05) is 16.1 Å². The summed E-state index contributed by atoms with van der Waals surface area (Å²) in [6.07, 6.45) is 0. The fourth-order valence-corrected chi connectivity index (χ4v) is 2.51. The Morgan fingerprint density at radius 1 is 1.05 bits per heavy atom. The van der Waals surface area contributed by atoms with E-state index in [0.29, 0.717) is 12.5 Å². The Bertz CT molecular complexity index is 591. The molecule has 0 unspecified atom stereocenters. The summed E-state index contributed by atoms with van der Waals surface area (Å²) in [4.78, 5) is 0. The molecule has 0 saturated carbocycles. The van der Waals surface area contributed by atoms with Crippen LogP contribution in [0.1, 0.15) is 49.4 Å². The van der Waals surface area contributed by atoms with E-state index in [-0.39, 0.29) is 6.04 Å². The summed E-state index contributed by atoms with van der Waals surface area (Å²) < 4.78 is 6.95. The highest BCUT2D eigenvalue weighted by atomic mass is 79.9. The Labute approximate surface area is 135 Å². The Kier molecular flexibility index (Phi) is 5.43. The van der Waals surface area contributed by atoms with Crippen molar-refractivity contribution in [2.45, 2.75) is 39.3 Å². The molecule has 1 atom stereocenters. The zero-order valence-electron chi connectivity index (χ0n) is 12.8. The normalized spacial score (nSPS) is 12.5. The van der Waals surface area contributed by atoms with Crippen molar-refractivity contribution in [3.05, 3.63) is 63.6 Å². The van der Waals surface area contributed by atoms with Gasteiger partial charge in [-0.3, -0.25) is 0 Å². The summed E-state index contributed by atoms with van der Waals surface area (Å²) in [7, 11) is 0. The molecule has 0 aromatic heterocycles. The van der Waals surface area contributed by atoms with Crippen molar-refractivity contribution < 1.29 is 4.74 Å². The van der Waals surface area contributed by atoms with Gasteiger partial charge in [-0.25, -0.2) is 0 Å². The summed E-state index contributed by atoms with van der Waals surface area (Å²) >= 11 is 3.48. The second-order valence-corrected chi connectivity index (χ2v) is 6.57. The minimum absolute atomic E-state index is 0.0450. The highest BCUT2D eigenvalue weighted by molar-refractivity contribution is 9.10. The standard InChI is InChI=1S/C18H22BrNO/c1-12(2)15-6-4-14(5-7-15)11-21-18-10-16(19)8-9-17(18)13(3)20/h4-10,12-13H,11,20H2,1-3H3/t13-/m1/s1. The molecule has 2 nitrogen and oxygen atoms in total. The third kappa shape index (κ3) is 4.32. The zero-order valence-corrected chi connectivity index (χ0v) is 14.4. The molecule has 0 spiro atoms. The van der Waals surface area contributed by atoms with E-state index in [1.807, 2.05) is 25.1 Å². The molecule has 0 amide bonds. The number of ether oxygens (including phenoxy) is 1. The molecule has 2 rings (SSSR count). The van der Waals surface area contributed by atoms with Crippen LogP contribution in [0, 0.1) is 0 Å². The third-order valence-corrected chi connectivity index (χ3v) is 4.00. The molecule has 3 heteroatoms. The molecular formula is C18H22BrNO. The van der Waals surface area contributed by atoms with Crippen LogP contribution in [0.5, 0.6) is 5.75 Å². The van der Waals surface area contributed by atoms with Gasteiger partial charge in [-0.2, -0.15) is 0 Å². The Morgan fingerprint density at radius 2 is 1.71 bits per heavy atom. The third-order valence-electron chi connectivity index (χ3n) is 3.51. The molecule has 0 saturated heterocycles. The molecule has 0 aliphatic carbocycles. The van der Waals surface area contributed by atoms with Crippen molar-refractivity contribution in [3.8, 4) is 5.75 Å². The van der Waals surface area contributed by atoms with Gasteiger partial charge in [0.15, 0.2) is 0 Å². The van der Waals surface area contributed by atoms with Gasteiger partial charge in [0.05, 0.1) is 0 Å². The van der Waals surface area contributed by atoms with Gasteiger partial charge >= 0.3 is 0 Å². The molecule has 0 aliphatic rings. The summed E-state index contributed by atoms with van der Waals surface area (Å²) in [6.45, 7) is 6.91. The van der Waals surface area contributed by atoms with Gasteiger partial charge in [-0.1, -0.05) is 60.1 Å². The summed E-state index contributed by atoms with van der Waals surface area (Å²) in [5.74, 6) is 1.39. The highest BCUT2D eigenvalue weighted by Crippen LogP contribution is 2.28. The Hall–Kier alpha value is -1.32. The molecule has 0 fully saturated rings. The van der Waals surface area contributed by atoms with Crippen LogP contribution in [0.25, 0.3) is 0 Å². The minimum Gasteiger partial charge on any atom is -0.489 e. The molecule has 2 N–H and O–H groups in total. The van der Waals surface area contributed by atoms with Crippen molar-refractivity contribution in [1.82, 2.24) is 0 Å². The second-order valence-electron chi connectivity index (χ2n) is 5.66. The zero-order chi connectivity index (χ0) is 15.4. The predicted octanol–water partition coefficient (Wildman–Crippen LogP) is 5.17. The fraction of sp³-hybridized carbons (Fsp3) is 0.333. The van der Waals surface area contributed by atoms with Crippen molar-refractivity contribution >= 4 is 15.9 Å². The lowest BCUT2D eigenvalue weighted by atomic mass is 10.0. The van der Waals surface area contributed by atoms with Crippen molar-refractivity contribution in [2.24, 2.45) is 5.73 Å². The van der Waals surface area contributed by atoms with Crippen molar-refractivity contribution in [3.63, 3.8) is 0 Å². The Morgan fingerprint density at radius 3 is 2.29 bits per heavy atom. The molecule has 0 radical (unpaired) electrons. The van der Waals surface area contributed by atoms with Gasteiger partial charge < -0.3 is 10.5 Å². The first-order valence-electron chi connectivity index (χ1n) is 7.24. The molecule has 0 aliphatic heterocycles. The number of benzene rings is 2. The van der Waals surface area contributed by atoms with Gasteiger partial charge in [0.1, 0.15) is 12.4 Å². The van der Waals surface area contributed by atoms with E-state index >= 15 is 0 Å². The lowest BCUT2D eigenvalue weighted by Crippen LogP contribution is -2.08. The van der Waals surface area contributed by atoms with Gasteiger partial charge in [0.2, 0.25) is 0 Å². The summed E-state index contributed by atoms with van der Waals surface area (Å²) in [6, 6.07) is 14.5.